The Morgan fingerprint density at radius 3 is 2.48 bits per heavy atom. The summed E-state index contributed by atoms with van der Waals surface area (Å²) in [6.07, 6.45) is 4.21. The summed E-state index contributed by atoms with van der Waals surface area (Å²) in [6, 6.07) is 2.97. The Morgan fingerprint density at radius 2 is 1.78 bits per heavy atom. The zero-order chi connectivity index (χ0) is 19.0. The average molecular weight is 390 g/mol. The predicted octanol–water partition coefficient (Wildman–Crippen LogP) is 3.19. The van der Waals surface area contributed by atoms with Crippen LogP contribution < -0.4 is 0 Å². The zero-order valence-electron chi connectivity index (χ0n) is 13.7. The highest BCUT2D eigenvalue weighted by atomic mass is 35.5. The molecular weight excluding hydrogens is 380 g/mol. The molecule has 0 fully saturated rings. The first-order valence-corrected chi connectivity index (χ1v) is 8.07. The number of rotatable bonds is 4. The summed E-state index contributed by atoms with van der Waals surface area (Å²) in [6.45, 7) is 1.78. The van der Waals surface area contributed by atoms with Crippen molar-refractivity contribution in [1.29, 1.82) is 0 Å². The molecule has 3 aromatic heterocycles. The Bertz CT molecular complexity index is 1080. The molecule has 4 aromatic rings. The molecule has 4 rings (SSSR count). The maximum atomic E-state index is 13.4. The second-order valence-corrected chi connectivity index (χ2v) is 6.01. The molecular formula is C16H10ClF2N7O. The highest BCUT2D eigenvalue weighted by molar-refractivity contribution is 6.30. The van der Waals surface area contributed by atoms with Gasteiger partial charge in [-0.05, 0) is 19.1 Å². The van der Waals surface area contributed by atoms with E-state index < -0.39 is 17.6 Å². The van der Waals surface area contributed by atoms with Crippen LogP contribution in [0.25, 0.3) is 17.4 Å². The van der Waals surface area contributed by atoms with Crippen molar-refractivity contribution in [1.82, 2.24) is 34.9 Å². The minimum atomic E-state index is -0.738. The summed E-state index contributed by atoms with van der Waals surface area (Å²) < 4.78 is 33.3. The normalized spacial score (nSPS) is 12.3. The van der Waals surface area contributed by atoms with E-state index in [-0.39, 0.29) is 23.2 Å². The summed E-state index contributed by atoms with van der Waals surface area (Å²) >= 11 is 5.80. The van der Waals surface area contributed by atoms with Gasteiger partial charge in [0.25, 0.3) is 11.8 Å². The summed E-state index contributed by atoms with van der Waals surface area (Å²) in [7, 11) is 0. The van der Waals surface area contributed by atoms with Crippen LogP contribution in [0.3, 0.4) is 0 Å². The highest BCUT2D eigenvalue weighted by Gasteiger charge is 2.23. The molecule has 1 unspecified atom stereocenters. The van der Waals surface area contributed by atoms with Gasteiger partial charge in [-0.15, -0.1) is 0 Å². The summed E-state index contributed by atoms with van der Waals surface area (Å²) in [4.78, 5) is 16.6. The first-order valence-electron chi connectivity index (χ1n) is 7.69. The van der Waals surface area contributed by atoms with Crippen molar-refractivity contribution in [3.8, 4) is 17.4 Å². The van der Waals surface area contributed by atoms with E-state index in [1.165, 1.54) is 23.4 Å². The lowest BCUT2D eigenvalue weighted by molar-refractivity contribution is 0.418. The van der Waals surface area contributed by atoms with Crippen molar-refractivity contribution in [3.05, 3.63) is 65.2 Å². The van der Waals surface area contributed by atoms with Crippen molar-refractivity contribution in [2.24, 2.45) is 0 Å². The molecule has 11 heteroatoms. The zero-order valence-corrected chi connectivity index (χ0v) is 14.5. The second-order valence-electron chi connectivity index (χ2n) is 5.57. The maximum absolute atomic E-state index is 13.4. The van der Waals surface area contributed by atoms with E-state index in [1.807, 2.05) is 0 Å². The van der Waals surface area contributed by atoms with Crippen molar-refractivity contribution in [2.75, 3.05) is 0 Å². The minimum Gasteiger partial charge on any atom is -0.334 e. The van der Waals surface area contributed by atoms with Crippen LogP contribution >= 0.6 is 11.6 Å². The third kappa shape index (κ3) is 3.38. The van der Waals surface area contributed by atoms with Crippen LogP contribution in [-0.4, -0.2) is 34.9 Å². The summed E-state index contributed by atoms with van der Waals surface area (Å²) in [5, 5.41) is 8.37. The van der Waals surface area contributed by atoms with Crippen LogP contribution in [0.2, 0.25) is 5.02 Å². The molecule has 27 heavy (non-hydrogen) atoms. The lowest BCUT2D eigenvalue weighted by atomic mass is 10.1. The number of hydrogen-bond donors (Lipinski definition) is 0. The Kier molecular flexibility index (Phi) is 4.32. The van der Waals surface area contributed by atoms with Gasteiger partial charge in [0.2, 0.25) is 0 Å². The Hall–Kier alpha value is -3.27. The lowest BCUT2D eigenvalue weighted by Crippen LogP contribution is -2.11. The first kappa shape index (κ1) is 17.2. The monoisotopic (exact) mass is 389 g/mol. The number of halogens is 3. The molecule has 1 aromatic carbocycles. The smallest absolute Gasteiger partial charge is 0.258 e. The molecule has 0 aliphatic carbocycles. The number of hydrogen-bond acceptors (Lipinski definition) is 7. The number of aromatic nitrogens is 7. The number of benzene rings is 1. The predicted molar refractivity (Wildman–Crippen MR) is 89.1 cm³/mol. The largest absolute Gasteiger partial charge is 0.334 e. The SMILES string of the molecule is CC(c1noc(-c2cc(F)cc(F)c2)n1)c1ncnn1-c1ncc(Cl)cn1. The van der Waals surface area contributed by atoms with E-state index in [2.05, 4.69) is 30.2 Å². The van der Waals surface area contributed by atoms with Gasteiger partial charge >= 0.3 is 0 Å². The van der Waals surface area contributed by atoms with E-state index in [0.29, 0.717) is 10.8 Å². The minimum absolute atomic E-state index is 0.0101. The maximum Gasteiger partial charge on any atom is 0.258 e. The van der Waals surface area contributed by atoms with E-state index in [4.69, 9.17) is 16.1 Å². The highest BCUT2D eigenvalue weighted by Crippen LogP contribution is 2.25. The fourth-order valence-electron chi connectivity index (χ4n) is 2.44. The molecule has 0 amide bonds. The van der Waals surface area contributed by atoms with Crippen molar-refractivity contribution in [3.63, 3.8) is 0 Å². The van der Waals surface area contributed by atoms with Crippen LogP contribution in [0.15, 0.2) is 41.4 Å². The molecule has 1 atom stereocenters. The molecule has 8 nitrogen and oxygen atoms in total. The molecule has 0 bridgehead atoms. The van der Waals surface area contributed by atoms with Crippen molar-refractivity contribution >= 4 is 11.6 Å². The fraction of sp³-hybridized carbons (Fsp3) is 0.125. The standard InChI is InChI=1S/C16H10ClF2N7O/c1-8(14-22-7-23-26(14)16-20-5-10(17)6-21-16)13-24-15(27-25-13)9-2-11(18)4-12(19)3-9/h2-8H,1H3. The second kappa shape index (κ2) is 6.80. The average Bonchev–Trinajstić information content (AvgIpc) is 3.31. The van der Waals surface area contributed by atoms with Crippen LogP contribution in [0, 0.1) is 11.6 Å². The van der Waals surface area contributed by atoms with Crippen LogP contribution in [0.1, 0.15) is 24.5 Å². The molecule has 0 spiro atoms. The lowest BCUT2D eigenvalue weighted by Gasteiger charge is -2.07. The number of nitrogens with zero attached hydrogens (tertiary/aromatic N) is 7. The van der Waals surface area contributed by atoms with Crippen LogP contribution in [0.5, 0.6) is 0 Å². The van der Waals surface area contributed by atoms with E-state index in [0.717, 1.165) is 18.2 Å². The van der Waals surface area contributed by atoms with Gasteiger partial charge in [-0.3, -0.25) is 0 Å². The molecule has 0 aliphatic heterocycles. The quantitative estimate of drug-likeness (QED) is 0.528. The topological polar surface area (TPSA) is 95.4 Å². The van der Waals surface area contributed by atoms with Crippen LogP contribution in [0.4, 0.5) is 8.78 Å². The van der Waals surface area contributed by atoms with Crippen molar-refractivity contribution in [2.45, 2.75) is 12.8 Å². The van der Waals surface area contributed by atoms with Crippen molar-refractivity contribution < 1.29 is 13.3 Å². The third-order valence-electron chi connectivity index (χ3n) is 3.70. The molecule has 0 saturated carbocycles. The molecule has 0 N–H and O–H groups in total. The molecule has 0 aliphatic rings. The van der Waals surface area contributed by atoms with Gasteiger partial charge in [0.1, 0.15) is 23.8 Å². The van der Waals surface area contributed by atoms with Gasteiger partial charge in [-0.2, -0.15) is 14.8 Å². The van der Waals surface area contributed by atoms with Gasteiger partial charge < -0.3 is 4.52 Å². The molecule has 136 valence electrons. The molecule has 0 saturated heterocycles. The Morgan fingerprint density at radius 1 is 1.07 bits per heavy atom. The third-order valence-corrected chi connectivity index (χ3v) is 3.89. The molecule has 3 heterocycles. The fourth-order valence-corrected chi connectivity index (χ4v) is 2.53. The Balaban J connectivity index is 1.67. The van der Waals surface area contributed by atoms with Gasteiger partial charge in [-0.1, -0.05) is 16.8 Å². The molecule has 0 radical (unpaired) electrons. The van der Waals surface area contributed by atoms with E-state index >= 15 is 0 Å². The first-order chi connectivity index (χ1) is 13.0. The van der Waals surface area contributed by atoms with Gasteiger partial charge in [0.15, 0.2) is 5.82 Å². The Labute approximate surface area is 155 Å². The van der Waals surface area contributed by atoms with Gasteiger partial charge in [-0.25, -0.2) is 23.7 Å². The summed E-state index contributed by atoms with van der Waals surface area (Å²) in [5.41, 5.74) is 0.140. The van der Waals surface area contributed by atoms with E-state index in [1.54, 1.807) is 6.92 Å². The summed E-state index contributed by atoms with van der Waals surface area (Å²) in [5.74, 6) is -0.954. The van der Waals surface area contributed by atoms with E-state index in [9.17, 15) is 8.78 Å². The van der Waals surface area contributed by atoms with Crippen LogP contribution in [-0.2, 0) is 0 Å². The van der Waals surface area contributed by atoms with Gasteiger partial charge in [0.05, 0.1) is 23.3 Å². The van der Waals surface area contributed by atoms with Gasteiger partial charge in [0, 0.05) is 11.6 Å².